The van der Waals surface area contributed by atoms with Gasteiger partial charge in [0.15, 0.2) is 5.82 Å². The van der Waals surface area contributed by atoms with Crippen molar-refractivity contribution in [1.82, 2.24) is 20.6 Å². The van der Waals surface area contributed by atoms with Crippen LogP contribution in [0.25, 0.3) is 0 Å². The van der Waals surface area contributed by atoms with Crippen molar-refractivity contribution in [2.24, 2.45) is 0 Å². The normalized spacial score (nSPS) is 11.8. The Bertz CT molecular complexity index is 893. The summed E-state index contributed by atoms with van der Waals surface area (Å²) in [6.07, 6.45) is 0.438. The van der Waals surface area contributed by atoms with Crippen LogP contribution in [0.2, 0.25) is 0 Å². The van der Waals surface area contributed by atoms with Crippen molar-refractivity contribution in [2.75, 3.05) is 12.4 Å². The molecule has 7 heteroatoms. The molecule has 0 radical (unpaired) electrons. The molecule has 0 bridgehead atoms. The van der Waals surface area contributed by atoms with Gasteiger partial charge in [0, 0.05) is 5.69 Å². The van der Waals surface area contributed by atoms with E-state index < -0.39 is 5.92 Å². The van der Waals surface area contributed by atoms with Gasteiger partial charge >= 0.3 is 0 Å². The van der Waals surface area contributed by atoms with Crippen LogP contribution in [0.5, 0.6) is 5.75 Å². The van der Waals surface area contributed by atoms with E-state index in [9.17, 15) is 4.79 Å². The maximum Gasteiger partial charge on any atom is 0.235 e. The summed E-state index contributed by atoms with van der Waals surface area (Å²) in [4.78, 5) is 12.9. The Labute approximate surface area is 151 Å². The number of nitrogens with zero attached hydrogens (tertiary/aromatic N) is 3. The summed E-state index contributed by atoms with van der Waals surface area (Å²) in [6.45, 7) is 3.98. The monoisotopic (exact) mass is 351 g/mol. The molecule has 0 aliphatic carbocycles. The number of tetrazole rings is 1. The molecule has 2 aromatic carbocycles. The van der Waals surface area contributed by atoms with Crippen molar-refractivity contribution in [2.45, 2.75) is 26.2 Å². The van der Waals surface area contributed by atoms with E-state index in [0.29, 0.717) is 12.2 Å². The molecule has 1 aromatic heterocycles. The Morgan fingerprint density at radius 1 is 1.23 bits per heavy atom. The molecule has 2 N–H and O–H groups in total. The lowest BCUT2D eigenvalue weighted by molar-refractivity contribution is -0.117. The van der Waals surface area contributed by atoms with Gasteiger partial charge in [-0.3, -0.25) is 4.79 Å². The van der Waals surface area contributed by atoms with Gasteiger partial charge < -0.3 is 10.1 Å². The van der Waals surface area contributed by atoms with E-state index in [1.165, 1.54) is 0 Å². The van der Waals surface area contributed by atoms with Gasteiger partial charge in [0.25, 0.3) is 0 Å². The van der Waals surface area contributed by atoms with Crippen LogP contribution in [0.3, 0.4) is 0 Å². The Morgan fingerprint density at radius 3 is 2.77 bits per heavy atom. The second-order valence-electron chi connectivity index (χ2n) is 6.19. The van der Waals surface area contributed by atoms with Crippen molar-refractivity contribution in [3.05, 3.63) is 65.0 Å². The van der Waals surface area contributed by atoms with Crippen LogP contribution in [0, 0.1) is 13.8 Å². The second-order valence-corrected chi connectivity index (χ2v) is 6.19. The van der Waals surface area contributed by atoms with Gasteiger partial charge in [-0.25, -0.2) is 0 Å². The Hall–Kier alpha value is -3.22. The minimum atomic E-state index is -0.568. The zero-order chi connectivity index (χ0) is 18.5. The van der Waals surface area contributed by atoms with E-state index in [-0.39, 0.29) is 5.91 Å². The number of carbonyl (C=O) groups is 1. The number of nitrogens with one attached hydrogen (secondary N) is 2. The lowest BCUT2D eigenvalue weighted by Crippen LogP contribution is -2.24. The summed E-state index contributed by atoms with van der Waals surface area (Å²) in [5.41, 5.74) is 3.88. The third-order valence-electron chi connectivity index (χ3n) is 4.20. The molecule has 26 heavy (non-hydrogen) atoms. The highest BCUT2D eigenvalue weighted by Gasteiger charge is 2.26. The van der Waals surface area contributed by atoms with E-state index in [2.05, 4.69) is 25.9 Å². The second kappa shape index (κ2) is 7.77. The molecule has 0 fully saturated rings. The van der Waals surface area contributed by atoms with Crippen LogP contribution in [0.4, 0.5) is 5.69 Å². The molecule has 3 aromatic rings. The van der Waals surface area contributed by atoms with Crippen molar-refractivity contribution >= 4 is 11.6 Å². The average molecular weight is 351 g/mol. The van der Waals surface area contributed by atoms with Gasteiger partial charge in [0.2, 0.25) is 5.91 Å². The molecule has 0 spiro atoms. The van der Waals surface area contributed by atoms with E-state index in [1.54, 1.807) is 7.11 Å². The zero-order valence-corrected chi connectivity index (χ0v) is 15.0. The number of hydrogen-bond donors (Lipinski definition) is 2. The molecule has 1 atom stereocenters. The third-order valence-corrected chi connectivity index (χ3v) is 4.20. The summed E-state index contributed by atoms with van der Waals surface area (Å²) in [6, 6.07) is 13.5. The molecular weight excluding hydrogens is 330 g/mol. The molecule has 0 aliphatic rings. The number of methoxy groups -OCH3 is 1. The lowest BCUT2D eigenvalue weighted by Gasteiger charge is -2.16. The zero-order valence-electron chi connectivity index (χ0n) is 15.0. The van der Waals surface area contributed by atoms with Crippen LogP contribution >= 0.6 is 0 Å². The first-order valence-electron chi connectivity index (χ1n) is 8.31. The highest BCUT2D eigenvalue weighted by atomic mass is 16.5. The van der Waals surface area contributed by atoms with Crippen LogP contribution in [-0.4, -0.2) is 33.6 Å². The molecule has 1 unspecified atom stereocenters. The molecular formula is C19H21N5O2. The molecule has 7 nitrogen and oxygen atoms in total. The number of aromatic nitrogens is 4. The molecule has 1 heterocycles. The van der Waals surface area contributed by atoms with Crippen molar-refractivity contribution in [1.29, 1.82) is 0 Å². The van der Waals surface area contributed by atoms with Crippen molar-refractivity contribution < 1.29 is 9.53 Å². The van der Waals surface area contributed by atoms with Gasteiger partial charge in [-0.2, -0.15) is 5.21 Å². The fraction of sp³-hybridized carbons (Fsp3) is 0.263. The van der Waals surface area contributed by atoms with Crippen LogP contribution < -0.4 is 10.1 Å². The minimum Gasteiger partial charge on any atom is -0.497 e. The van der Waals surface area contributed by atoms with E-state index in [1.807, 2.05) is 56.3 Å². The van der Waals surface area contributed by atoms with E-state index in [0.717, 1.165) is 28.1 Å². The third kappa shape index (κ3) is 4.05. The van der Waals surface area contributed by atoms with Gasteiger partial charge in [0.05, 0.1) is 7.11 Å². The number of carbonyl (C=O) groups excluding carboxylic acids is 1. The fourth-order valence-electron chi connectivity index (χ4n) is 2.83. The summed E-state index contributed by atoms with van der Waals surface area (Å²) >= 11 is 0. The number of hydrogen-bond acceptors (Lipinski definition) is 5. The summed E-state index contributed by atoms with van der Waals surface area (Å²) < 4.78 is 5.26. The maximum atomic E-state index is 12.9. The quantitative estimate of drug-likeness (QED) is 0.712. The number of rotatable bonds is 6. The minimum absolute atomic E-state index is 0.179. The predicted molar refractivity (Wildman–Crippen MR) is 98.2 cm³/mol. The molecule has 1 amide bonds. The number of H-pyrrole nitrogens is 1. The molecule has 134 valence electrons. The Balaban J connectivity index is 1.85. The topological polar surface area (TPSA) is 92.8 Å². The number of aromatic amines is 1. The molecule has 3 rings (SSSR count). The van der Waals surface area contributed by atoms with Crippen LogP contribution in [0.1, 0.15) is 28.4 Å². The van der Waals surface area contributed by atoms with Crippen molar-refractivity contribution in [3.63, 3.8) is 0 Å². The molecule has 0 aliphatic heterocycles. The number of ether oxygens (including phenoxy) is 1. The number of benzene rings is 2. The maximum absolute atomic E-state index is 12.9. The smallest absolute Gasteiger partial charge is 0.235 e. The Kier molecular flexibility index (Phi) is 5.26. The molecule has 0 saturated carbocycles. The summed E-state index contributed by atoms with van der Waals surface area (Å²) in [7, 11) is 1.61. The van der Waals surface area contributed by atoms with Gasteiger partial charge in [-0.1, -0.05) is 35.0 Å². The Morgan fingerprint density at radius 2 is 2.08 bits per heavy atom. The number of anilines is 1. The van der Waals surface area contributed by atoms with Gasteiger partial charge in [-0.15, -0.1) is 10.2 Å². The van der Waals surface area contributed by atoms with E-state index >= 15 is 0 Å². The van der Waals surface area contributed by atoms with Gasteiger partial charge in [-0.05, 0) is 49.6 Å². The first kappa shape index (κ1) is 17.6. The summed E-state index contributed by atoms with van der Waals surface area (Å²) in [5.74, 6) is 0.349. The fourth-order valence-corrected chi connectivity index (χ4v) is 2.83. The number of aryl methyl sites for hydroxylation is 2. The highest BCUT2D eigenvalue weighted by molar-refractivity contribution is 5.96. The molecule has 0 saturated heterocycles. The van der Waals surface area contributed by atoms with Crippen LogP contribution in [0.15, 0.2) is 42.5 Å². The van der Waals surface area contributed by atoms with Crippen LogP contribution in [-0.2, 0) is 11.2 Å². The van der Waals surface area contributed by atoms with Gasteiger partial charge in [0.1, 0.15) is 11.7 Å². The first-order valence-corrected chi connectivity index (χ1v) is 8.31. The predicted octanol–water partition coefficient (Wildman–Crippen LogP) is 2.79. The number of amides is 1. The SMILES string of the molecule is COc1cccc(CC(C(=O)Nc2ccc(C)cc2C)c2nn[nH]n2)c1. The highest BCUT2D eigenvalue weighted by Crippen LogP contribution is 2.24. The van der Waals surface area contributed by atoms with Crippen molar-refractivity contribution in [3.8, 4) is 5.75 Å². The standard InChI is InChI=1S/C19H21N5O2/c1-12-7-8-17(13(2)9-12)20-19(25)16(18-21-23-24-22-18)11-14-5-4-6-15(10-14)26-3/h4-10,16H,11H2,1-3H3,(H,20,25)(H,21,22,23,24). The van der Waals surface area contributed by atoms with E-state index in [4.69, 9.17) is 4.74 Å². The average Bonchev–Trinajstić information content (AvgIpc) is 3.16. The largest absolute Gasteiger partial charge is 0.497 e. The summed E-state index contributed by atoms with van der Waals surface area (Å²) in [5, 5.41) is 17.0. The lowest BCUT2D eigenvalue weighted by atomic mass is 9.97. The first-order chi connectivity index (χ1) is 12.6.